The van der Waals surface area contributed by atoms with Gasteiger partial charge in [-0.15, -0.1) is 11.3 Å². The first-order chi connectivity index (χ1) is 25.0. The number of benzene rings is 2. The lowest BCUT2D eigenvalue weighted by Gasteiger charge is -2.32. The van der Waals surface area contributed by atoms with Gasteiger partial charge in [-0.1, -0.05) is 0 Å². The summed E-state index contributed by atoms with van der Waals surface area (Å²) in [5.74, 6) is -0.540. The number of fused-ring (bicyclic) bond motifs is 1. The minimum atomic E-state index is -3.80. The van der Waals surface area contributed by atoms with Crippen LogP contribution in [0.3, 0.4) is 0 Å². The number of methoxy groups -OCH3 is 1. The maximum absolute atomic E-state index is 14.0. The number of hydrogen-bond acceptors (Lipinski definition) is 13. The van der Waals surface area contributed by atoms with E-state index in [1.807, 2.05) is 41.5 Å². The first-order valence-corrected chi connectivity index (χ1v) is 19.6. The molecule has 4 aromatic rings. The number of aromatic nitrogens is 3. The number of carbonyl (C=O) groups is 1. The molecule has 0 radical (unpaired) electrons. The van der Waals surface area contributed by atoms with E-state index in [-0.39, 0.29) is 24.8 Å². The van der Waals surface area contributed by atoms with Gasteiger partial charge in [0, 0.05) is 41.2 Å². The number of halogens is 2. The molecule has 1 atom stereocenters. The number of ether oxygens (including phenoxy) is 2. The Hall–Kier alpha value is -3.79. The molecule has 1 aliphatic heterocycles. The smallest absolute Gasteiger partial charge is 0.475 e. The molecule has 1 saturated heterocycles. The molecule has 2 aromatic heterocycles. The Labute approximate surface area is 312 Å². The highest BCUT2D eigenvalue weighted by atomic mass is 32.1. The second-order valence-corrected chi connectivity index (χ2v) is 17.2. The van der Waals surface area contributed by atoms with Crippen molar-refractivity contribution >= 4 is 52.6 Å². The van der Waals surface area contributed by atoms with E-state index in [9.17, 15) is 18.1 Å². The van der Waals surface area contributed by atoms with E-state index in [0.29, 0.717) is 50.9 Å². The van der Waals surface area contributed by atoms with Gasteiger partial charge in [-0.3, -0.25) is 23.3 Å². The normalized spacial score (nSPS) is 15.5. The van der Waals surface area contributed by atoms with Gasteiger partial charge < -0.3 is 20.1 Å². The first-order valence-electron chi connectivity index (χ1n) is 17.3. The highest BCUT2D eigenvalue weighted by Crippen LogP contribution is 2.55. The van der Waals surface area contributed by atoms with Crippen molar-refractivity contribution in [3.8, 4) is 11.5 Å². The van der Waals surface area contributed by atoms with Gasteiger partial charge in [-0.05, 0) is 85.5 Å². The lowest BCUT2D eigenvalue weighted by atomic mass is 10.2. The Kier molecular flexibility index (Phi) is 13.1. The molecule has 0 saturated carbocycles. The largest absolute Gasteiger partial charge is 0.493 e. The van der Waals surface area contributed by atoms with Crippen LogP contribution in [0.4, 0.5) is 25.4 Å². The van der Waals surface area contributed by atoms with Crippen molar-refractivity contribution in [2.45, 2.75) is 84.5 Å². The second kappa shape index (κ2) is 17.1. The van der Waals surface area contributed by atoms with Gasteiger partial charge >= 0.3 is 7.82 Å². The quantitative estimate of drug-likeness (QED) is 0.0834. The van der Waals surface area contributed by atoms with Crippen molar-refractivity contribution in [1.29, 1.82) is 0 Å². The fourth-order valence-electron chi connectivity index (χ4n) is 5.68. The highest BCUT2D eigenvalue weighted by Gasteiger charge is 2.38. The van der Waals surface area contributed by atoms with Crippen molar-refractivity contribution in [1.82, 2.24) is 19.9 Å². The summed E-state index contributed by atoms with van der Waals surface area (Å²) >= 11 is 1.24. The third-order valence-electron chi connectivity index (χ3n) is 7.78. The minimum absolute atomic E-state index is 0.0533. The molecule has 2 N–H and O–H groups in total. The lowest BCUT2D eigenvalue weighted by Crippen LogP contribution is -2.35. The summed E-state index contributed by atoms with van der Waals surface area (Å²) in [6, 6.07) is 6.61. The number of phosphoric acid groups is 1. The van der Waals surface area contributed by atoms with Crippen molar-refractivity contribution in [3.05, 3.63) is 59.4 Å². The van der Waals surface area contributed by atoms with Crippen molar-refractivity contribution < 1.29 is 41.2 Å². The number of anilines is 3. The zero-order chi connectivity index (χ0) is 38.4. The van der Waals surface area contributed by atoms with E-state index < -0.39 is 36.6 Å². The Bertz CT molecular complexity index is 1920. The zero-order valence-corrected chi connectivity index (χ0v) is 32.7. The molecular formula is C36H47F2N6O7PS. The van der Waals surface area contributed by atoms with Crippen LogP contribution in [0.15, 0.2) is 42.9 Å². The van der Waals surface area contributed by atoms with Crippen LogP contribution in [-0.2, 0) is 29.4 Å². The van der Waals surface area contributed by atoms with Crippen LogP contribution in [0.1, 0.15) is 65.7 Å². The number of nitrogens with one attached hydrogen (secondary N) is 2. The molecular weight excluding hydrogens is 729 g/mol. The molecule has 5 rings (SSSR count). The van der Waals surface area contributed by atoms with E-state index in [1.165, 1.54) is 23.7 Å². The van der Waals surface area contributed by atoms with Gasteiger partial charge in [0.15, 0.2) is 16.6 Å². The van der Waals surface area contributed by atoms with Crippen molar-refractivity contribution in [2.75, 3.05) is 44.0 Å². The Morgan fingerprint density at radius 2 is 1.79 bits per heavy atom. The topological polar surface area (TPSA) is 146 Å². The number of phosphoric ester groups is 1. The molecule has 0 unspecified atom stereocenters. The van der Waals surface area contributed by atoms with Gasteiger partial charge in [0.2, 0.25) is 5.91 Å². The van der Waals surface area contributed by atoms with Crippen LogP contribution in [-0.4, -0.2) is 76.4 Å². The summed E-state index contributed by atoms with van der Waals surface area (Å²) in [5.41, 5.74) is -0.889. The standard InChI is InChI=1S/C36H47F2N6O7PS/c1-35(2,3)50-52(46,51-36(4,5)6)49-21-24-10-8-13-44(24)14-9-15-48-31-19-29-26(18-30(31)47-7)33(41-22-40-29)43-34-39-20-25(53-34)17-32(45)42-28-12-11-23(37)16-27(28)38/h11-12,16,18-20,22,24H,8-10,13-15,17,21H2,1-7H3,(H,42,45)(H,39,40,41,43)/t24-/m0/s1. The van der Waals surface area contributed by atoms with E-state index in [0.717, 1.165) is 38.4 Å². The summed E-state index contributed by atoms with van der Waals surface area (Å²) in [6.45, 7) is 13.2. The average molecular weight is 777 g/mol. The Morgan fingerprint density at radius 3 is 2.49 bits per heavy atom. The van der Waals surface area contributed by atoms with Crippen LogP contribution < -0.4 is 20.1 Å². The van der Waals surface area contributed by atoms with Crippen LogP contribution in [0.5, 0.6) is 11.5 Å². The predicted octanol–water partition coefficient (Wildman–Crippen LogP) is 8.29. The molecule has 13 nitrogen and oxygen atoms in total. The Morgan fingerprint density at radius 1 is 1.04 bits per heavy atom. The number of carbonyl (C=O) groups excluding carboxylic acids is 1. The highest BCUT2D eigenvalue weighted by molar-refractivity contribution is 7.48. The van der Waals surface area contributed by atoms with Gasteiger partial charge in [0.1, 0.15) is 23.8 Å². The number of hydrogen-bond donors (Lipinski definition) is 2. The lowest BCUT2D eigenvalue weighted by molar-refractivity contribution is -0.115. The predicted molar refractivity (Wildman–Crippen MR) is 200 cm³/mol. The molecule has 1 aliphatic rings. The second-order valence-electron chi connectivity index (χ2n) is 14.5. The fraction of sp³-hybridized carbons (Fsp3) is 0.500. The van der Waals surface area contributed by atoms with Crippen LogP contribution in [0.2, 0.25) is 0 Å². The van der Waals surface area contributed by atoms with E-state index >= 15 is 0 Å². The van der Waals surface area contributed by atoms with E-state index in [2.05, 4.69) is 30.5 Å². The molecule has 0 bridgehead atoms. The van der Waals surface area contributed by atoms with E-state index in [1.54, 1.807) is 25.4 Å². The molecule has 17 heteroatoms. The summed E-state index contributed by atoms with van der Waals surface area (Å²) in [4.78, 5) is 28.6. The molecule has 53 heavy (non-hydrogen) atoms. The fourth-order valence-corrected chi connectivity index (χ4v) is 8.32. The maximum atomic E-state index is 14.0. The van der Waals surface area contributed by atoms with Gasteiger partial charge in [0.25, 0.3) is 0 Å². The van der Waals surface area contributed by atoms with Gasteiger partial charge in [-0.2, -0.15) is 0 Å². The average Bonchev–Trinajstić information content (AvgIpc) is 3.70. The summed E-state index contributed by atoms with van der Waals surface area (Å²) in [7, 11) is -2.24. The van der Waals surface area contributed by atoms with Crippen molar-refractivity contribution in [2.24, 2.45) is 0 Å². The SMILES string of the molecule is COc1cc2c(Nc3ncc(CC(=O)Nc4ccc(F)cc4F)s3)ncnc2cc1OCCCN1CCC[C@H]1COP(=O)(OC(C)(C)C)OC(C)(C)C. The molecule has 1 amide bonds. The molecule has 288 valence electrons. The summed E-state index contributed by atoms with van der Waals surface area (Å²) in [6.07, 6.45) is 5.56. The molecule has 1 fully saturated rings. The summed E-state index contributed by atoms with van der Waals surface area (Å²) in [5, 5.41) is 6.78. The number of likely N-dealkylation sites (tertiary alicyclic amines) is 1. The van der Waals surface area contributed by atoms with Gasteiger partial charge in [-0.25, -0.2) is 28.3 Å². The Balaban J connectivity index is 1.16. The molecule has 0 aliphatic carbocycles. The number of amides is 1. The molecule has 0 spiro atoms. The summed E-state index contributed by atoms with van der Waals surface area (Å²) < 4.78 is 70.0. The molecule has 3 heterocycles. The first kappa shape index (κ1) is 40.4. The van der Waals surface area contributed by atoms with Gasteiger partial charge in [0.05, 0.1) is 49.2 Å². The number of thiazole rings is 1. The van der Waals surface area contributed by atoms with Crippen molar-refractivity contribution in [3.63, 3.8) is 0 Å². The monoisotopic (exact) mass is 776 g/mol. The molecule has 2 aromatic carbocycles. The third-order valence-corrected chi connectivity index (χ3v) is 10.7. The maximum Gasteiger partial charge on any atom is 0.475 e. The minimum Gasteiger partial charge on any atom is -0.493 e. The van der Waals surface area contributed by atoms with Crippen LogP contribution in [0, 0.1) is 11.6 Å². The third kappa shape index (κ3) is 11.8. The number of nitrogens with zero attached hydrogens (tertiary/aromatic N) is 4. The van der Waals surface area contributed by atoms with Crippen LogP contribution in [0.25, 0.3) is 10.9 Å². The zero-order valence-electron chi connectivity index (χ0n) is 31.0. The number of rotatable bonds is 16. The van der Waals surface area contributed by atoms with Crippen LogP contribution >= 0.6 is 19.2 Å². The van der Waals surface area contributed by atoms with E-state index in [4.69, 9.17) is 23.0 Å².